The van der Waals surface area contributed by atoms with Gasteiger partial charge in [-0.3, -0.25) is 5.32 Å². The van der Waals surface area contributed by atoms with Crippen LogP contribution < -0.4 is 5.32 Å². The molecular weight excluding hydrogens is 351 g/mol. The van der Waals surface area contributed by atoms with E-state index < -0.39 is 0 Å². The summed E-state index contributed by atoms with van der Waals surface area (Å²) >= 11 is 1.14. The first-order valence-electron chi connectivity index (χ1n) is 8.25. The molecule has 0 aliphatic carbocycles. The van der Waals surface area contributed by atoms with Crippen molar-refractivity contribution in [1.29, 1.82) is 0 Å². The highest BCUT2D eigenvalue weighted by Gasteiger charge is 2.44. The summed E-state index contributed by atoms with van der Waals surface area (Å²) in [6.07, 6.45) is 0. The van der Waals surface area contributed by atoms with Crippen LogP contribution in [0.5, 0.6) is 0 Å². The minimum absolute atomic E-state index is 0.230. The van der Waals surface area contributed by atoms with Gasteiger partial charge in [0.15, 0.2) is 5.82 Å². The zero-order valence-corrected chi connectivity index (χ0v) is 15.0. The maximum atomic E-state index is 14.0. The van der Waals surface area contributed by atoms with Crippen molar-refractivity contribution in [1.82, 2.24) is 14.3 Å². The van der Waals surface area contributed by atoms with E-state index in [9.17, 15) is 9.18 Å². The molecule has 0 unspecified atom stereocenters. The van der Waals surface area contributed by atoms with Gasteiger partial charge in [0.2, 0.25) is 5.13 Å². The van der Waals surface area contributed by atoms with E-state index in [0.29, 0.717) is 29.6 Å². The molecule has 2 aromatic carbocycles. The van der Waals surface area contributed by atoms with Crippen molar-refractivity contribution in [2.24, 2.45) is 0 Å². The smallest absolute Gasteiger partial charge is 0.323 e. The van der Waals surface area contributed by atoms with Crippen molar-refractivity contribution in [3.8, 4) is 11.4 Å². The van der Waals surface area contributed by atoms with Gasteiger partial charge < -0.3 is 4.90 Å². The van der Waals surface area contributed by atoms with E-state index in [-0.39, 0.29) is 17.3 Å². The lowest BCUT2D eigenvalue weighted by molar-refractivity contribution is 0.110. The molecule has 132 valence electrons. The summed E-state index contributed by atoms with van der Waals surface area (Å²) in [7, 11) is 0. The third-order valence-corrected chi connectivity index (χ3v) is 5.19. The fraction of sp³-hybridized carbons (Fsp3) is 0.211. The second-order valence-corrected chi connectivity index (χ2v) is 7.37. The van der Waals surface area contributed by atoms with Crippen LogP contribution in [0.3, 0.4) is 0 Å². The molecule has 4 rings (SSSR count). The molecule has 1 aliphatic heterocycles. The van der Waals surface area contributed by atoms with Gasteiger partial charge in [-0.2, -0.15) is 9.36 Å². The maximum Gasteiger partial charge on any atom is 0.323 e. The van der Waals surface area contributed by atoms with Crippen molar-refractivity contribution in [3.63, 3.8) is 0 Å². The first-order chi connectivity index (χ1) is 12.5. The fourth-order valence-corrected chi connectivity index (χ4v) is 3.79. The summed E-state index contributed by atoms with van der Waals surface area (Å²) in [5.74, 6) is 0.359. The number of anilines is 1. The summed E-state index contributed by atoms with van der Waals surface area (Å²) in [6, 6.07) is 16.1. The Morgan fingerprint density at radius 3 is 2.58 bits per heavy atom. The van der Waals surface area contributed by atoms with Gasteiger partial charge in [-0.1, -0.05) is 55.5 Å². The lowest BCUT2D eigenvalue weighted by Gasteiger charge is -2.48. The van der Waals surface area contributed by atoms with Crippen molar-refractivity contribution in [2.45, 2.75) is 12.3 Å². The molecule has 3 aromatic rings. The van der Waals surface area contributed by atoms with E-state index in [1.807, 2.05) is 43.3 Å². The fourth-order valence-electron chi connectivity index (χ4n) is 3.21. The van der Waals surface area contributed by atoms with Crippen LogP contribution in [0.2, 0.25) is 0 Å². The standard InChI is InChI=1S/C19H17FN4OS/c1-19(14-9-5-6-10-15(14)20)11-24(12-19)18(25)22-17-21-16(23-26-17)13-7-3-2-4-8-13/h2-10H,11-12H2,1H3,(H,21,22,23,25). The Balaban J connectivity index is 1.40. The molecule has 1 aliphatic rings. The third kappa shape index (κ3) is 3.06. The highest BCUT2D eigenvalue weighted by atomic mass is 32.1. The molecule has 2 heterocycles. The van der Waals surface area contributed by atoms with E-state index in [1.165, 1.54) is 6.07 Å². The Bertz CT molecular complexity index is 937. The molecule has 5 nitrogen and oxygen atoms in total. The van der Waals surface area contributed by atoms with E-state index in [2.05, 4.69) is 14.7 Å². The molecule has 1 fully saturated rings. The molecule has 0 spiro atoms. The Hall–Kier alpha value is -2.80. The lowest BCUT2D eigenvalue weighted by Crippen LogP contribution is -2.60. The van der Waals surface area contributed by atoms with Gasteiger partial charge in [-0.25, -0.2) is 9.18 Å². The van der Waals surface area contributed by atoms with Crippen molar-refractivity contribution < 1.29 is 9.18 Å². The largest absolute Gasteiger partial charge is 0.323 e. The molecule has 26 heavy (non-hydrogen) atoms. The van der Waals surface area contributed by atoms with Crippen LogP contribution in [0, 0.1) is 5.82 Å². The van der Waals surface area contributed by atoms with Gasteiger partial charge in [0.1, 0.15) is 5.82 Å². The normalized spacial score (nSPS) is 15.4. The average Bonchev–Trinajstić information content (AvgIpc) is 3.08. The number of rotatable bonds is 3. The zero-order valence-electron chi connectivity index (χ0n) is 14.1. The number of benzene rings is 2. The lowest BCUT2D eigenvalue weighted by atomic mass is 9.75. The molecule has 1 N–H and O–H groups in total. The Labute approximate surface area is 154 Å². The maximum absolute atomic E-state index is 14.0. The van der Waals surface area contributed by atoms with Crippen molar-refractivity contribution >= 4 is 22.7 Å². The molecule has 1 saturated heterocycles. The number of carbonyl (C=O) groups excluding carboxylic acids is 1. The Morgan fingerprint density at radius 1 is 1.15 bits per heavy atom. The number of hydrogen-bond donors (Lipinski definition) is 1. The highest BCUT2D eigenvalue weighted by molar-refractivity contribution is 7.10. The van der Waals surface area contributed by atoms with Crippen LogP contribution in [0.1, 0.15) is 12.5 Å². The second kappa shape index (κ2) is 6.49. The van der Waals surface area contributed by atoms with Gasteiger partial charge in [-0.05, 0) is 11.6 Å². The van der Waals surface area contributed by atoms with Crippen LogP contribution in [-0.4, -0.2) is 33.4 Å². The van der Waals surface area contributed by atoms with Crippen LogP contribution >= 0.6 is 11.5 Å². The molecule has 1 aromatic heterocycles. The van der Waals surface area contributed by atoms with Gasteiger partial charge in [0, 0.05) is 35.6 Å². The van der Waals surface area contributed by atoms with Crippen molar-refractivity contribution in [3.05, 3.63) is 66.0 Å². The summed E-state index contributed by atoms with van der Waals surface area (Å²) in [5.41, 5.74) is 1.19. The number of nitrogens with one attached hydrogen (secondary N) is 1. The van der Waals surface area contributed by atoms with Gasteiger partial charge in [0.05, 0.1) is 0 Å². The van der Waals surface area contributed by atoms with E-state index in [1.54, 1.807) is 17.0 Å². The summed E-state index contributed by atoms with van der Waals surface area (Å²) in [6.45, 7) is 2.89. The second-order valence-electron chi connectivity index (χ2n) is 6.62. The number of urea groups is 1. The van der Waals surface area contributed by atoms with E-state index in [0.717, 1.165) is 17.1 Å². The van der Waals surface area contributed by atoms with Gasteiger partial charge in [-0.15, -0.1) is 0 Å². The van der Waals surface area contributed by atoms with Gasteiger partial charge in [0.25, 0.3) is 0 Å². The predicted octanol–water partition coefficient (Wildman–Crippen LogP) is 4.15. The van der Waals surface area contributed by atoms with Crippen LogP contribution in [0.4, 0.5) is 14.3 Å². The Morgan fingerprint density at radius 2 is 1.85 bits per heavy atom. The minimum Gasteiger partial charge on any atom is -0.323 e. The summed E-state index contributed by atoms with van der Waals surface area (Å²) < 4.78 is 18.3. The molecule has 2 amide bonds. The van der Waals surface area contributed by atoms with Crippen LogP contribution in [0.25, 0.3) is 11.4 Å². The molecule has 0 bridgehead atoms. The summed E-state index contributed by atoms with van der Waals surface area (Å²) in [4.78, 5) is 18.4. The first-order valence-corrected chi connectivity index (χ1v) is 9.03. The SMILES string of the molecule is CC1(c2ccccc2F)CN(C(=O)Nc2nc(-c3ccccc3)ns2)C1. The van der Waals surface area contributed by atoms with Gasteiger partial charge >= 0.3 is 6.03 Å². The average molecular weight is 368 g/mol. The number of aromatic nitrogens is 2. The van der Waals surface area contributed by atoms with E-state index >= 15 is 0 Å². The topological polar surface area (TPSA) is 58.1 Å². The molecule has 0 saturated carbocycles. The quantitative estimate of drug-likeness (QED) is 0.756. The number of hydrogen-bond acceptors (Lipinski definition) is 4. The molecule has 7 heteroatoms. The number of carbonyl (C=O) groups is 1. The Kier molecular flexibility index (Phi) is 4.16. The van der Waals surface area contributed by atoms with Crippen molar-refractivity contribution in [2.75, 3.05) is 18.4 Å². The summed E-state index contributed by atoms with van der Waals surface area (Å²) in [5, 5.41) is 3.23. The predicted molar refractivity (Wildman–Crippen MR) is 99.7 cm³/mol. The molecule has 0 atom stereocenters. The number of amides is 2. The number of nitrogens with zero attached hydrogens (tertiary/aromatic N) is 3. The number of halogens is 1. The van der Waals surface area contributed by atoms with Crippen LogP contribution in [-0.2, 0) is 5.41 Å². The zero-order chi connectivity index (χ0) is 18.1. The minimum atomic E-state index is -0.362. The molecule has 0 radical (unpaired) electrons. The van der Waals surface area contributed by atoms with Crippen LogP contribution in [0.15, 0.2) is 54.6 Å². The third-order valence-electron chi connectivity index (χ3n) is 4.56. The first kappa shape index (κ1) is 16.7. The highest BCUT2D eigenvalue weighted by Crippen LogP contribution is 2.36. The monoisotopic (exact) mass is 368 g/mol. The number of likely N-dealkylation sites (tertiary alicyclic amines) is 1. The molecular formula is C19H17FN4OS. The van der Waals surface area contributed by atoms with E-state index in [4.69, 9.17) is 0 Å².